The third-order valence-corrected chi connectivity index (χ3v) is 4.75. The number of carboxylic acid groups (broad SMARTS) is 1. The summed E-state index contributed by atoms with van der Waals surface area (Å²) in [6.07, 6.45) is 6.93. The van der Waals surface area contributed by atoms with Gasteiger partial charge >= 0.3 is 5.97 Å². The topological polar surface area (TPSA) is 66.4 Å². The average Bonchev–Trinajstić information content (AvgIpc) is 2.83. The molecule has 1 amide bonds. The number of aryl methyl sites for hydroxylation is 1. The van der Waals surface area contributed by atoms with Crippen molar-refractivity contribution < 1.29 is 14.7 Å². The van der Waals surface area contributed by atoms with Gasteiger partial charge < -0.3 is 10.4 Å². The summed E-state index contributed by atoms with van der Waals surface area (Å²) in [6.45, 7) is 1.98. The number of hydrogen-bond donors (Lipinski definition) is 2. The van der Waals surface area contributed by atoms with Crippen LogP contribution >= 0.6 is 11.3 Å². The van der Waals surface area contributed by atoms with Crippen molar-refractivity contribution in [2.45, 2.75) is 44.6 Å². The van der Waals surface area contributed by atoms with Crippen LogP contribution in [0.2, 0.25) is 0 Å². The van der Waals surface area contributed by atoms with Crippen LogP contribution in [0.25, 0.3) is 6.08 Å². The van der Waals surface area contributed by atoms with E-state index in [1.165, 1.54) is 6.08 Å². The predicted octanol–water partition coefficient (Wildman–Crippen LogP) is 2.97. The van der Waals surface area contributed by atoms with Gasteiger partial charge in [0.05, 0.1) is 0 Å². The summed E-state index contributed by atoms with van der Waals surface area (Å²) in [5.41, 5.74) is 0.0362. The third kappa shape index (κ3) is 3.28. The van der Waals surface area contributed by atoms with Crippen molar-refractivity contribution in [3.63, 3.8) is 0 Å². The van der Waals surface area contributed by atoms with Crippen LogP contribution in [0.1, 0.15) is 42.5 Å². The second-order valence-electron chi connectivity index (χ2n) is 5.24. The van der Waals surface area contributed by atoms with Crippen LogP contribution in [-0.4, -0.2) is 22.5 Å². The molecule has 1 fully saturated rings. The number of thiophene rings is 1. The van der Waals surface area contributed by atoms with E-state index >= 15 is 0 Å². The maximum atomic E-state index is 12.0. The number of hydrogen-bond acceptors (Lipinski definition) is 3. The number of nitrogens with one attached hydrogen (secondary N) is 1. The van der Waals surface area contributed by atoms with Crippen LogP contribution in [0.5, 0.6) is 0 Å². The van der Waals surface area contributed by atoms with E-state index in [9.17, 15) is 14.7 Å². The van der Waals surface area contributed by atoms with Crippen molar-refractivity contribution >= 4 is 29.3 Å². The highest BCUT2D eigenvalue weighted by atomic mass is 32.1. The normalized spacial score (nSPS) is 18.1. The molecule has 5 heteroatoms. The summed E-state index contributed by atoms with van der Waals surface area (Å²) >= 11 is 1.56. The minimum atomic E-state index is -1.08. The minimum Gasteiger partial charge on any atom is -0.480 e. The van der Waals surface area contributed by atoms with Gasteiger partial charge in [0.25, 0.3) is 0 Å². The third-order valence-electron chi connectivity index (χ3n) is 3.77. The number of aliphatic carboxylic acids is 1. The van der Waals surface area contributed by atoms with Gasteiger partial charge in [-0.15, -0.1) is 11.3 Å². The SMILES string of the molecule is Cc1ccsc1/C=C/C(=O)NC1(C(=O)O)CCCCC1. The van der Waals surface area contributed by atoms with E-state index in [-0.39, 0.29) is 5.91 Å². The van der Waals surface area contributed by atoms with Gasteiger partial charge in [-0.1, -0.05) is 19.3 Å². The van der Waals surface area contributed by atoms with Gasteiger partial charge in [-0.05, 0) is 42.9 Å². The lowest BCUT2D eigenvalue weighted by Gasteiger charge is -2.33. The Bertz CT molecular complexity index is 527. The van der Waals surface area contributed by atoms with E-state index in [0.29, 0.717) is 12.8 Å². The summed E-state index contributed by atoms with van der Waals surface area (Å²) in [5.74, 6) is -1.26. The molecule has 1 aromatic rings. The Labute approximate surface area is 122 Å². The zero-order chi connectivity index (χ0) is 14.6. The van der Waals surface area contributed by atoms with Crippen LogP contribution < -0.4 is 5.32 Å². The number of amides is 1. The molecule has 1 aliphatic rings. The molecule has 1 heterocycles. The monoisotopic (exact) mass is 293 g/mol. The Morgan fingerprint density at radius 3 is 2.60 bits per heavy atom. The number of rotatable bonds is 4. The molecule has 108 valence electrons. The maximum absolute atomic E-state index is 12.0. The molecule has 0 unspecified atom stereocenters. The maximum Gasteiger partial charge on any atom is 0.329 e. The zero-order valence-corrected chi connectivity index (χ0v) is 12.3. The molecule has 0 atom stereocenters. The van der Waals surface area contributed by atoms with Crippen LogP contribution in [-0.2, 0) is 9.59 Å². The largest absolute Gasteiger partial charge is 0.480 e. The van der Waals surface area contributed by atoms with Gasteiger partial charge in [0.2, 0.25) is 5.91 Å². The fraction of sp³-hybridized carbons (Fsp3) is 0.467. The summed E-state index contributed by atoms with van der Waals surface area (Å²) in [4.78, 5) is 24.5. The molecule has 2 rings (SSSR count). The number of carbonyl (C=O) groups is 2. The molecule has 1 saturated carbocycles. The van der Waals surface area contributed by atoms with E-state index in [4.69, 9.17) is 0 Å². The molecule has 0 saturated heterocycles. The second kappa shape index (κ2) is 6.22. The first-order chi connectivity index (χ1) is 9.53. The zero-order valence-electron chi connectivity index (χ0n) is 11.5. The lowest BCUT2D eigenvalue weighted by Crippen LogP contribution is -2.55. The molecule has 1 aliphatic carbocycles. The van der Waals surface area contributed by atoms with Crippen LogP contribution in [0.15, 0.2) is 17.5 Å². The number of carboxylic acids is 1. The Hall–Kier alpha value is -1.62. The predicted molar refractivity (Wildman–Crippen MR) is 79.7 cm³/mol. The highest BCUT2D eigenvalue weighted by molar-refractivity contribution is 7.11. The lowest BCUT2D eigenvalue weighted by molar-refractivity contribution is -0.148. The molecule has 20 heavy (non-hydrogen) atoms. The van der Waals surface area contributed by atoms with E-state index in [1.54, 1.807) is 17.4 Å². The fourth-order valence-electron chi connectivity index (χ4n) is 2.53. The summed E-state index contributed by atoms with van der Waals surface area (Å²) in [7, 11) is 0. The Morgan fingerprint density at radius 2 is 2.05 bits per heavy atom. The van der Waals surface area contributed by atoms with Gasteiger partial charge in [0, 0.05) is 11.0 Å². The minimum absolute atomic E-state index is 0.331. The van der Waals surface area contributed by atoms with Crippen molar-refractivity contribution in [1.29, 1.82) is 0 Å². The lowest BCUT2D eigenvalue weighted by atomic mass is 9.81. The van der Waals surface area contributed by atoms with Crippen LogP contribution in [0, 0.1) is 6.92 Å². The molecule has 0 radical (unpaired) electrons. The second-order valence-corrected chi connectivity index (χ2v) is 6.19. The van der Waals surface area contributed by atoms with E-state index in [1.807, 2.05) is 18.4 Å². The summed E-state index contributed by atoms with van der Waals surface area (Å²) < 4.78 is 0. The molecular weight excluding hydrogens is 274 g/mol. The van der Waals surface area contributed by atoms with Crippen molar-refractivity contribution in [2.24, 2.45) is 0 Å². The van der Waals surface area contributed by atoms with E-state index in [0.717, 1.165) is 29.7 Å². The smallest absolute Gasteiger partial charge is 0.329 e. The van der Waals surface area contributed by atoms with Gasteiger partial charge in [-0.3, -0.25) is 4.79 Å². The Morgan fingerprint density at radius 1 is 1.35 bits per heavy atom. The fourth-order valence-corrected chi connectivity index (χ4v) is 3.35. The first kappa shape index (κ1) is 14.8. The highest BCUT2D eigenvalue weighted by Gasteiger charge is 2.40. The number of carbonyl (C=O) groups excluding carboxylic acids is 1. The molecule has 0 aliphatic heterocycles. The van der Waals surface area contributed by atoms with Gasteiger partial charge in [0.1, 0.15) is 5.54 Å². The molecular formula is C15H19NO3S. The quantitative estimate of drug-likeness (QED) is 0.839. The molecule has 4 nitrogen and oxygen atoms in total. The van der Waals surface area contributed by atoms with Crippen molar-refractivity contribution in [1.82, 2.24) is 5.32 Å². The van der Waals surface area contributed by atoms with Gasteiger partial charge in [-0.2, -0.15) is 0 Å². The van der Waals surface area contributed by atoms with Crippen molar-refractivity contribution in [3.8, 4) is 0 Å². The molecule has 0 spiro atoms. The van der Waals surface area contributed by atoms with E-state index < -0.39 is 11.5 Å². The van der Waals surface area contributed by atoms with E-state index in [2.05, 4.69) is 5.32 Å². The molecule has 0 aromatic carbocycles. The van der Waals surface area contributed by atoms with Crippen LogP contribution in [0.4, 0.5) is 0 Å². The van der Waals surface area contributed by atoms with Crippen LogP contribution in [0.3, 0.4) is 0 Å². The van der Waals surface area contributed by atoms with Crippen molar-refractivity contribution in [3.05, 3.63) is 28.0 Å². The van der Waals surface area contributed by atoms with Crippen molar-refractivity contribution in [2.75, 3.05) is 0 Å². The van der Waals surface area contributed by atoms with Gasteiger partial charge in [-0.25, -0.2) is 4.79 Å². The first-order valence-electron chi connectivity index (χ1n) is 6.81. The highest BCUT2D eigenvalue weighted by Crippen LogP contribution is 2.28. The average molecular weight is 293 g/mol. The summed E-state index contributed by atoms with van der Waals surface area (Å²) in [5, 5.41) is 14.1. The first-order valence-corrected chi connectivity index (χ1v) is 7.69. The summed E-state index contributed by atoms with van der Waals surface area (Å²) in [6, 6.07) is 1.99. The molecule has 1 aromatic heterocycles. The standard InChI is InChI=1S/C15H19NO3S/c1-11-7-10-20-12(11)5-6-13(17)16-15(14(18)19)8-3-2-4-9-15/h5-7,10H,2-4,8-9H2,1H3,(H,16,17)(H,18,19)/b6-5+. The molecule has 0 bridgehead atoms. The Kier molecular flexibility index (Phi) is 4.60. The molecule has 2 N–H and O–H groups in total. The Balaban J connectivity index is 2.04. The van der Waals surface area contributed by atoms with Gasteiger partial charge in [0.15, 0.2) is 0 Å².